The summed E-state index contributed by atoms with van der Waals surface area (Å²) in [6.07, 6.45) is 5.54. The van der Waals surface area contributed by atoms with Gasteiger partial charge in [0.15, 0.2) is 0 Å². The first kappa shape index (κ1) is 10.6. The summed E-state index contributed by atoms with van der Waals surface area (Å²) in [7, 11) is 0. The first-order chi connectivity index (χ1) is 7.25. The van der Waals surface area contributed by atoms with Gasteiger partial charge in [0.1, 0.15) is 0 Å². The minimum absolute atomic E-state index is 0.744. The van der Waals surface area contributed by atoms with Crippen molar-refractivity contribution >= 4 is 0 Å². The van der Waals surface area contributed by atoms with Crippen molar-refractivity contribution in [2.45, 2.75) is 33.1 Å². The standard InChI is InChI=1S/C12H19N3/c1-9-7-14-10(2)12(15-9)6-11-4-3-5-13-8-11/h7,11,13H,3-6,8H2,1-2H3. The Hall–Kier alpha value is -0.960. The van der Waals surface area contributed by atoms with Gasteiger partial charge in [0.2, 0.25) is 0 Å². The first-order valence-electron chi connectivity index (χ1n) is 5.75. The molecule has 0 aliphatic carbocycles. The summed E-state index contributed by atoms with van der Waals surface area (Å²) in [5, 5.41) is 3.44. The number of nitrogens with zero attached hydrogens (tertiary/aromatic N) is 2. The van der Waals surface area contributed by atoms with E-state index < -0.39 is 0 Å². The van der Waals surface area contributed by atoms with E-state index in [9.17, 15) is 0 Å². The van der Waals surface area contributed by atoms with Crippen LogP contribution in [0.5, 0.6) is 0 Å². The molecule has 0 aromatic carbocycles. The Bertz CT molecular complexity index is 330. The molecule has 3 nitrogen and oxygen atoms in total. The van der Waals surface area contributed by atoms with Crippen LogP contribution >= 0.6 is 0 Å². The van der Waals surface area contributed by atoms with E-state index in [1.165, 1.54) is 25.1 Å². The lowest BCUT2D eigenvalue weighted by Crippen LogP contribution is -2.31. The van der Waals surface area contributed by atoms with Crippen molar-refractivity contribution in [1.82, 2.24) is 15.3 Å². The summed E-state index contributed by atoms with van der Waals surface area (Å²) in [4.78, 5) is 8.94. The normalized spacial score (nSPS) is 21.6. The van der Waals surface area contributed by atoms with E-state index in [1.807, 2.05) is 13.1 Å². The van der Waals surface area contributed by atoms with Gasteiger partial charge in [-0.05, 0) is 52.1 Å². The molecule has 0 saturated carbocycles. The molecule has 1 atom stereocenters. The Morgan fingerprint density at radius 2 is 2.33 bits per heavy atom. The van der Waals surface area contributed by atoms with Gasteiger partial charge in [0, 0.05) is 6.20 Å². The minimum Gasteiger partial charge on any atom is -0.316 e. The van der Waals surface area contributed by atoms with Crippen LogP contribution in [0.4, 0.5) is 0 Å². The quantitative estimate of drug-likeness (QED) is 0.797. The number of rotatable bonds is 2. The lowest BCUT2D eigenvalue weighted by Gasteiger charge is -2.22. The molecule has 1 saturated heterocycles. The van der Waals surface area contributed by atoms with Gasteiger partial charge in [-0.15, -0.1) is 0 Å². The molecule has 2 heterocycles. The highest BCUT2D eigenvalue weighted by Gasteiger charge is 2.15. The second kappa shape index (κ2) is 4.71. The summed E-state index contributed by atoms with van der Waals surface area (Å²) < 4.78 is 0. The third-order valence-corrected chi connectivity index (χ3v) is 3.05. The Kier molecular flexibility index (Phi) is 3.31. The van der Waals surface area contributed by atoms with Gasteiger partial charge >= 0.3 is 0 Å². The predicted molar refractivity (Wildman–Crippen MR) is 60.8 cm³/mol. The van der Waals surface area contributed by atoms with Crippen molar-refractivity contribution in [2.75, 3.05) is 13.1 Å². The maximum absolute atomic E-state index is 4.58. The van der Waals surface area contributed by atoms with Gasteiger partial charge in [-0.1, -0.05) is 0 Å². The molecule has 82 valence electrons. The number of aromatic nitrogens is 2. The summed E-state index contributed by atoms with van der Waals surface area (Å²) in [5.74, 6) is 0.744. The van der Waals surface area contributed by atoms with Crippen LogP contribution in [0.3, 0.4) is 0 Å². The maximum atomic E-state index is 4.58. The fraction of sp³-hybridized carbons (Fsp3) is 0.667. The highest BCUT2D eigenvalue weighted by molar-refractivity contribution is 5.12. The third kappa shape index (κ3) is 2.75. The van der Waals surface area contributed by atoms with Crippen LogP contribution in [0.25, 0.3) is 0 Å². The van der Waals surface area contributed by atoms with E-state index in [4.69, 9.17) is 0 Å². The Morgan fingerprint density at radius 1 is 1.47 bits per heavy atom. The SMILES string of the molecule is Cc1cnc(C)c(CC2CCCNC2)n1. The predicted octanol–water partition coefficient (Wildman–Crippen LogP) is 1.64. The lowest BCUT2D eigenvalue weighted by molar-refractivity contribution is 0.372. The highest BCUT2D eigenvalue weighted by atomic mass is 14.9. The van der Waals surface area contributed by atoms with Gasteiger partial charge in [-0.3, -0.25) is 9.97 Å². The molecule has 2 rings (SSSR count). The smallest absolute Gasteiger partial charge is 0.0622 e. The van der Waals surface area contributed by atoms with Crippen LogP contribution in [0.2, 0.25) is 0 Å². The van der Waals surface area contributed by atoms with Gasteiger partial charge in [-0.25, -0.2) is 0 Å². The molecule has 1 aromatic heterocycles. The number of nitrogens with one attached hydrogen (secondary N) is 1. The number of aryl methyl sites for hydroxylation is 2. The van der Waals surface area contributed by atoms with Crippen LogP contribution in [0.1, 0.15) is 29.9 Å². The van der Waals surface area contributed by atoms with E-state index in [-0.39, 0.29) is 0 Å². The van der Waals surface area contributed by atoms with E-state index in [0.717, 1.165) is 30.3 Å². The molecule has 1 unspecified atom stereocenters. The average molecular weight is 205 g/mol. The van der Waals surface area contributed by atoms with Gasteiger partial charge in [0.25, 0.3) is 0 Å². The second-order valence-electron chi connectivity index (χ2n) is 4.46. The second-order valence-corrected chi connectivity index (χ2v) is 4.46. The highest BCUT2D eigenvalue weighted by Crippen LogP contribution is 2.16. The van der Waals surface area contributed by atoms with Gasteiger partial charge in [0.05, 0.1) is 17.1 Å². The Morgan fingerprint density at radius 3 is 3.07 bits per heavy atom. The van der Waals surface area contributed by atoms with Crippen molar-refractivity contribution in [1.29, 1.82) is 0 Å². The first-order valence-corrected chi connectivity index (χ1v) is 5.75. The van der Waals surface area contributed by atoms with Crippen molar-refractivity contribution in [3.8, 4) is 0 Å². The molecule has 1 aromatic rings. The molecule has 1 fully saturated rings. The molecule has 3 heteroatoms. The molecular formula is C12H19N3. The fourth-order valence-electron chi connectivity index (χ4n) is 2.15. The maximum Gasteiger partial charge on any atom is 0.0622 e. The zero-order chi connectivity index (χ0) is 10.7. The number of piperidine rings is 1. The summed E-state index contributed by atoms with van der Waals surface area (Å²) >= 11 is 0. The zero-order valence-corrected chi connectivity index (χ0v) is 9.58. The van der Waals surface area contributed by atoms with E-state index in [1.54, 1.807) is 0 Å². The van der Waals surface area contributed by atoms with E-state index in [0.29, 0.717) is 0 Å². The summed E-state index contributed by atoms with van der Waals surface area (Å²) in [6, 6.07) is 0. The molecule has 1 aliphatic rings. The zero-order valence-electron chi connectivity index (χ0n) is 9.58. The Labute approximate surface area is 91.3 Å². The minimum atomic E-state index is 0.744. The van der Waals surface area contributed by atoms with Crippen LogP contribution in [0, 0.1) is 19.8 Å². The van der Waals surface area contributed by atoms with Crippen molar-refractivity contribution < 1.29 is 0 Å². The van der Waals surface area contributed by atoms with Crippen LogP contribution in [-0.4, -0.2) is 23.1 Å². The Balaban J connectivity index is 2.05. The largest absolute Gasteiger partial charge is 0.316 e. The number of hydrogen-bond donors (Lipinski definition) is 1. The van der Waals surface area contributed by atoms with Crippen LogP contribution in [0.15, 0.2) is 6.20 Å². The topological polar surface area (TPSA) is 37.8 Å². The van der Waals surface area contributed by atoms with Crippen molar-refractivity contribution in [3.63, 3.8) is 0 Å². The van der Waals surface area contributed by atoms with Crippen LogP contribution < -0.4 is 5.32 Å². The van der Waals surface area contributed by atoms with Gasteiger partial charge in [-0.2, -0.15) is 0 Å². The third-order valence-electron chi connectivity index (χ3n) is 3.05. The molecular weight excluding hydrogens is 186 g/mol. The molecule has 1 aliphatic heterocycles. The van der Waals surface area contributed by atoms with E-state index >= 15 is 0 Å². The molecule has 1 N–H and O–H groups in total. The number of hydrogen-bond acceptors (Lipinski definition) is 3. The molecule has 0 amide bonds. The lowest BCUT2D eigenvalue weighted by atomic mass is 9.94. The molecule has 0 radical (unpaired) electrons. The van der Waals surface area contributed by atoms with E-state index in [2.05, 4.69) is 22.2 Å². The monoisotopic (exact) mass is 205 g/mol. The van der Waals surface area contributed by atoms with Crippen molar-refractivity contribution in [2.24, 2.45) is 5.92 Å². The van der Waals surface area contributed by atoms with Crippen LogP contribution in [-0.2, 0) is 6.42 Å². The summed E-state index contributed by atoms with van der Waals surface area (Å²) in [5.41, 5.74) is 3.30. The summed E-state index contributed by atoms with van der Waals surface area (Å²) in [6.45, 7) is 6.37. The molecule has 15 heavy (non-hydrogen) atoms. The molecule has 0 bridgehead atoms. The average Bonchev–Trinajstić information content (AvgIpc) is 2.25. The van der Waals surface area contributed by atoms with Crippen molar-refractivity contribution in [3.05, 3.63) is 23.3 Å². The fourth-order valence-corrected chi connectivity index (χ4v) is 2.15. The molecule has 0 spiro atoms. The van der Waals surface area contributed by atoms with Gasteiger partial charge < -0.3 is 5.32 Å².